The van der Waals surface area contributed by atoms with E-state index in [1.54, 1.807) is 18.2 Å². The molecule has 3 N–H and O–H groups in total. The van der Waals surface area contributed by atoms with Crippen molar-refractivity contribution in [3.8, 4) is 22.6 Å². The molecule has 0 spiro atoms. The van der Waals surface area contributed by atoms with Crippen LogP contribution in [0.2, 0.25) is 10.0 Å². The van der Waals surface area contributed by atoms with Gasteiger partial charge in [0, 0.05) is 29.3 Å². The lowest BCUT2D eigenvalue weighted by Gasteiger charge is -2.24. The van der Waals surface area contributed by atoms with Crippen molar-refractivity contribution in [3.63, 3.8) is 0 Å². The predicted octanol–water partition coefficient (Wildman–Crippen LogP) is 8.47. The van der Waals surface area contributed by atoms with E-state index < -0.39 is 18.1 Å². The second kappa shape index (κ2) is 17.5. The number of ether oxygens (including phenoxy) is 2. The summed E-state index contributed by atoms with van der Waals surface area (Å²) < 4.78 is 17.4. The second-order valence-corrected chi connectivity index (χ2v) is 14.1. The average Bonchev–Trinajstić information content (AvgIpc) is 3.57. The number of carboxylic acids is 1. The summed E-state index contributed by atoms with van der Waals surface area (Å²) in [6.07, 6.45) is 0.808. The van der Waals surface area contributed by atoms with Gasteiger partial charge in [0.05, 0.1) is 16.1 Å². The van der Waals surface area contributed by atoms with E-state index in [4.69, 9.17) is 37.3 Å². The summed E-state index contributed by atoms with van der Waals surface area (Å²) >= 11 is 13.6. The average molecular weight is 734 g/mol. The number of carboxylic acid groups (broad SMARTS) is 1. The molecule has 5 rings (SSSR count). The molecule has 268 valence electrons. The van der Waals surface area contributed by atoms with E-state index in [0.717, 1.165) is 22.3 Å². The van der Waals surface area contributed by atoms with E-state index in [-0.39, 0.29) is 37.5 Å². The molecular weight excluding hydrogens is 691 g/mol. The van der Waals surface area contributed by atoms with E-state index in [1.807, 2.05) is 88.4 Å². The van der Waals surface area contributed by atoms with Crippen molar-refractivity contribution in [2.24, 2.45) is 11.8 Å². The fourth-order valence-corrected chi connectivity index (χ4v) is 6.21. The van der Waals surface area contributed by atoms with Gasteiger partial charge in [-0.15, -0.1) is 0 Å². The number of fused-ring (bicyclic) bond motifs is 1. The number of hydrogen-bond acceptors (Lipinski definition) is 8. The third-order valence-corrected chi connectivity index (χ3v) is 9.00. The normalized spacial score (nSPS) is 12.6. The number of halogens is 2. The summed E-state index contributed by atoms with van der Waals surface area (Å²) in [5, 5.41) is 24.5. The summed E-state index contributed by atoms with van der Waals surface area (Å²) in [6.45, 7) is 8.40. The molecule has 12 heteroatoms. The minimum absolute atomic E-state index is 0.0931. The van der Waals surface area contributed by atoms with E-state index in [9.17, 15) is 14.7 Å². The van der Waals surface area contributed by atoms with Crippen LogP contribution in [0.15, 0.2) is 83.5 Å². The first-order chi connectivity index (χ1) is 24.5. The molecule has 0 bridgehead atoms. The molecule has 0 aliphatic rings. The molecule has 2 atom stereocenters. The van der Waals surface area contributed by atoms with Gasteiger partial charge >= 0.3 is 5.97 Å². The highest BCUT2D eigenvalue weighted by molar-refractivity contribution is 6.34. The predicted molar refractivity (Wildman–Crippen MR) is 198 cm³/mol. The molecule has 0 saturated carbocycles. The third-order valence-electron chi connectivity index (χ3n) is 8.26. The van der Waals surface area contributed by atoms with Gasteiger partial charge in [0.1, 0.15) is 41.8 Å². The van der Waals surface area contributed by atoms with Crippen molar-refractivity contribution < 1.29 is 28.8 Å². The maximum atomic E-state index is 13.4. The molecule has 0 aliphatic heterocycles. The number of hydrogen-bond donors (Lipinski definition) is 3. The Bertz CT molecular complexity index is 1950. The number of nitrogens with zero attached hydrogens (tertiary/aromatic N) is 2. The van der Waals surface area contributed by atoms with Crippen LogP contribution >= 0.6 is 23.2 Å². The molecule has 4 aromatic carbocycles. The molecule has 0 aliphatic carbocycles. The lowest BCUT2D eigenvalue weighted by atomic mass is 10.0. The Morgan fingerprint density at radius 3 is 2.22 bits per heavy atom. The van der Waals surface area contributed by atoms with Crippen molar-refractivity contribution in [3.05, 3.63) is 106 Å². The topological polar surface area (TPSA) is 136 Å². The van der Waals surface area contributed by atoms with Crippen LogP contribution in [0.5, 0.6) is 11.5 Å². The van der Waals surface area contributed by atoms with Gasteiger partial charge in [-0.25, -0.2) is 9.42 Å². The van der Waals surface area contributed by atoms with Gasteiger partial charge in [0.25, 0.3) is 0 Å². The number of benzene rings is 4. The fourth-order valence-electron chi connectivity index (χ4n) is 5.68. The first-order valence-electron chi connectivity index (χ1n) is 16.9. The summed E-state index contributed by atoms with van der Waals surface area (Å²) in [4.78, 5) is 25.3. The largest absolute Gasteiger partial charge is 0.488 e. The van der Waals surface area contributed by atoms with Gasteiger partial charge in [-0.3, -0.25) is 4.79 Å². The van der Waals surface area contributed by atoms with Crippen molar-refractivity contribution in [1.29, 1.82) is 0 Å². The minimum Gasteiger partial charge on any atom is -0.488 e. The SMILES string of the molecule is CC(C)C[C@H](NCc1cc(Cl)c(OCc2cccc(-c3ccccc3)c2Cl)cc1OCc1ccc2nonc2c1)C(=O)N[C@H](CC(C)C)C(=O)O. The summed E-state index contributed by atoms with van der Waals surface area (Å²) in [6, 6.07) is 23.0. The number of aromatic nitrogens is 2. The Morgan fingerprint density at radius 1 is 0.784 bits per heavy atom. The number of amides is 1. The number of nitrogens with one attached hydrogen (secondary N) is 2. The van der Waals surface area contributed by atoms with Crippen LogP contribution in [-0.2, 0) is 29.3 Å². The molecule has 1 amide bonds. The van der Waals surface area contributed by atoms with Crippen LogP contribution < -0.4 is 20.1 Å². The molecule has 1 heterocycles. The highest BCUT2D eigenvalue weighted by Gasteiger charge is 2.27. The maximum Gasteiger partial charge on any atom is 0.326 e. The maximum absolute atomic E-state index is 13.4. The van der Waals surface area contributed by atoms with Crippen molar-refractivity contribution in [2.45, 2.75) is 72.4 Å². The molecule has 1 aromatic heterocycles. The number of carbonyl (C=O) groups is 2. The Balaban J connectivity index is 1.38. The van der Waals surface area contributed by atoms with Crippen LogP contribution in [0, 0.1) is 11.8 Å². The molecule has 51 heavy (non-hydrogen) atoms. The molecule has 10 nitrogen and oxygen atoms in total. The van der Waals surface area contributed by atoms with Crippen LogP contribution in [0.25, 0.3) is 22.2 Å². The molecule has 5 aromatic rings. The summed E-state index contributed by atoms with van der Waals surface area (Å²) in [5.74, 6) is -0.320. The molecule has 0 radical (unpaired) electrons. The zero-order valence-electron chi connectivity index (χ0n) is 29.0. The Morgan fingerprint density at radius 2 is 1.49 bits per heavy atom. The smallest absolute Gasteiger partial charge is 0.326 e. The molecule has 0 fully saturated rings. The van der Waals surface area contributed by atoms with Crippen molar-refractivity contribution in [2.75, 3.05) is 0 Å². The first-order valence-corrected chi connectivity index (χ1v) is 17.6. The third kappa shape index (κ3) is 10.2. The highest BCUT2D eigenvalue weighted by Crippen LogP contribution is 2.36. The van der Waals surface area contributed by atoms with E-state index >= 15 is 0 Å². The fraction of sp³-hybridized carbons (Fsp3) is 0.333. The van der Waals surface area contributed by atoms with Gasteiger partial charge in [-0.1, -0.05) is 105 Å². The van der Waals surface area contributed by atoms with Gasteiger partial charge < -0.3 is 25.2 Å². The Labute approximate surface area is 307 Å². The molecular formula is C39H42Cl2N4O6. The standard InChI is InChI=1S/C39H42Cl2N4O6/c1-23(2)15-33(38(46)43-34(39(47)48)16-24(3)4)42-20-28-18-30(40)36(19-35(28)49-21-25-13-14-31-32(17-25)45-51-44-31)50-22-27-11-8-12-29(37(27)41)26-9-6-5-7-10-26/h5-14,17-19,23-24,33-34,42H,15-16,20-22H2,1-4H3,(H,43,46)(H,47,48)/t33-,34+/m0/s1. The zero-order valence-corrected chi connectivity index (χ0v) is 30.5. The van der Waals surface area contributed by atoms with Gasteiger partial charge in [-0.05, 0) is 64.3 Å². The van der Waals surface area contributed by atoms with Crippen molar-refractivity contribution >= 4 is 46.1 Å². The van der Waals surface area contributed by atoms with Gasteiger partial charge in [-0.2, -0.15) is 0 Å². The van der Waals surface area contributed by atoms with Crippen LogP contribution in [-0.4, -0.2) is 39.4 Å². The second-order valence-electron chi connectivity index (χ2n) is 13.3. The number of carbonyl (C=O) groups excluding carboxylic acids is 1. The van der Waals surface area contributed by atoms with E-state index in [1.165, 1.54) is 0 Å². The number of aliphatic carboxylic acids is 1. The van der Waals surface area contributed by atoms with E-state index in [2.05, 4.69) is 20.9 Å². The summed E-state index contributed by atoms with van der Waals surface area (Å²) in [5.41, 5.74) is 5.43. The monoisotopic (exact) mass is 732 g/mol. The van der Waals surface area contributed by atoms with Gasteiger partial charge in [0.15, 0.2) is 0 Å². The molecule has 0 unspecified atom stereocenters. The summed E-state index contributed by atoms with van der Waals surface area (Å²) in [7, 11) is 0. The Kier molecular flexibility index (Phi) is 12.9. The lowest BCUT2D eigenvalue weighted by Crippen LogP contribution is -2.50. The van der Waals surface area contributed by atoms with Crippen molar-refractivity contribution in [1.82, 2.24) is 20.9 Å². The first kappa shape index (κ1) is 37.6. The minimum atomic E-state index is -1.06. The van der Waals surface area contributed by atoms with Crippen LogP contribution in [0.3, 0.4) is 0 Å². The Hall–Kier alpha value is -4.64. The zero-order chi connectivity index (χ0) is 36.5. The number of rotatable bonds is 17. The highest BCUT2D eigenvalue weighted by atomic mass is 35.5. The van der Waals surface area contributed by atoms with E-state index in [0.29, 0.717) is 51.0 Å². The quantitative estimate of drug-likeness (QED) is 0.0860. The van der Waals surface area contributed by atoms with Crippen LogP contribution in [0.1, 0.15) is 57.2 Å². The van der Waals surface area contributed by atoms with Crippen LogP contribution in [0.4, 0.5) is 0 Å². The molecule has 0 saturated heterocycles. The van der Waals surface area contributed by atoms with Gasteiger partial charge in [0.2, 0.25) is 5.91 Å². The lowest BCUT2D eigenvalue weighted by molar-refractivity contribution is -0.142.